The van der Waals surface area contributed by atoms with Gasteiger partial charge in [-0.2, -0.15) is 0 Å². The average Bonchev–Trinajstić information content (AvgIpc) is 2.58. The molecule has 150 valence electrons. The van der Waals surface area contributed by atoms with E-state index in [0.717, 1.165) is 12.1 Å². The van der Waals surface area contributed by atoms with E-state index < -0.39 is 33.3 Å². The molecule has 3 N–H and O–H groups in total. The molecule has 10 heteroatoms. The molecule has 2 aromatic rings. The lowest BCUT2D eigenvalue weighted by Crippen LogP contribution is -2.16. The fourth-order valence-electron chi connectivity index (χ4n) is 2.39. The summed E-state index contributed by atoms with van der Waals surface area (Å²) in [5.74, 6) is -3.21. The van der Waals surface area contributed by atoms with Crippen molar-refractivity contribution in [2.45, 2.75) is 24.7 Å². The van der Waals surface area contributed by atoms with Gasteiger partial charge in [-0.1, -0.05) is 6.07 Å². The summed E-state index contributed by atoms with van der Waals surface area (Å²) in [6.07, 6.45) is 0.253. The highest BCUT2D eigenvalue weighted by Gasteiger charge is 2.22. The van der Waals surface area contributed by atoms with Gasteiger partial charge in [-0.3, -0.25) is 9.52 Å². The molecule has 0 aromatic heterocycles. The Hall–Kier alpha value is -3.14. The van der Waals surface area contributed by atoms with E-state index in [4.69, 9.17) is 14.9 Å². The first-order chi connectivity index (χ1) is 13.1. The minimum atomic E-state index is -4.18. The van der Waals surface area contributed by atoms with Gasteiger partial charge in [-0.25, -0.2) is 17.6 Å². The normalized spacial score (nSPS) is 11.1. The van der Waals surface area contributed by atoms with Crippen molar-refractivity contribution in [3.8, 4) is 5.75 Å². The summed E-state index contributed by atoms with van der Waals surface area (Å²) >= 11 is 0. The van der Waals surface area contributed by atoms with E-state index in [1.807, 2.05) is 0 Å². The summed E-state index contributed by atoms with van der Waals surface area (Å²) in [4.78, 5) is 21.5. The van der Waals surface area contributed by atoms with Crippen LogP contribution in [-0.4, -0.2) is 37.2 Å². The number of halogens is 1. The number of benzene rings is 2. The van der Waals surface area contributed by atoms with Crippen molar-refractivity contribution in [2.24, 2.45) is 0 Å². The maximum Gasteiger partial charge on any atom is 0.340 e. The first-order valence-electron chi connectivity index (χ1n) is 8.11. The second-order valence-electron chi connectivity index (χ2n) is 5.85. The molecule has 0 aliphatic carbocycles. The predicted octanol–water partition coefficient (Wildman–Crippen LogP) is 2.88. The van der Waals surface area contributed by atoms with Crippen LogP contribution in [0.25, 0.3) is 0 Å². The number of aromatic carboxylic acids is 1. The molecule has 0 amide bonds. The van der Waals surface area contributed by atoms with Crippen LogP contribution in [-0.2, 0) is 14.8 Å². The van der Waals surface area contributed by atoms with E-state index in [2.05, 4.69) is 4.72 Å². The number of carbonyl (C=O) groups is 2. The summed E-state index contributed by atoms with van der Waals surface area (Å²) in [5.41, 5.74) is -0.684. The number of anilines is 1. The third kappa shape index (κ3) is 5.19. The molecule has 0 radical (unpaired) electrons. The Labute approximate surface area is 160 Å². The van der Waals surface area contributed by atoms with Crippen LogP contribution in [0.2, 0.25) is 0 Å². The smallest absolute Gasteiger partial charge is 0.340 e. The van der Waals surface area contributed by atoms with Crippen molar-refractivity contribution in [1.29, 1.82) is 0 Å². The molecule has 0 aliphatic rings. The maximum atomic E-state index is 13.7. The fraction of sp³-hybridized carbons (Fsp3) is 0.222. The summed E-state index contributed by atoms with van der Waals surface area (Å²) in [6.45, 7) is 1.76. The Kier molecular flexibility index (Phi) is 6.57. The Morgan fingerprint density at radius 2 is 1.89 bits per heavy atom. The monoisotopic (exact) mass is 411 g/mol. The van der Waals surface area contributed by atoms with Crippen molar-refractivity contribution in [3.05, 3.63) is 53.3 Å². The van der Waals surface area contributed by atoms with Gasteiger partial charge in [0.25, 0.3) is 10.0 Å². The Balaban J connectivity index is 2.21. The van der Waals surface area contributed by atoms with Gasteiger partial charge in [-0.15, -0.1) is 0 Å². The number of nitrogens with one attached hydrogen (secondary N) is 1. The van der Waals surface area contributed by atoms with Gasteiger partial charge in [0.1, 0.15) is 17.1 Å². The molecule has 2 rings (SSSR count). The van der Waals surface area contributed by atoms with Crippen LogP contribution in [0.3, 0.4) is 0 Å². The zero-order chi connectivity index (χ0) is 20.9. The molecule has 0 heterocycles. The first kappa shape index (κ1) is 21.2. The van der Waals surface area contributed by atoms with Crippen LogP contribution in [0.5, 0.6) is 5.75 Å². The average molecular weight is 411 g/mol. The van der Waals surface area contributed by atoms with Gasteiger partial charge < -0.3 is 14.9 Å². The third-order valence-corrected chi connectivity index (χ3v) is 5.08. The number of ether oxygens (including phenoxy) is 1. The van der Waals surface area contributed by atoms with Gasteiger partial charge in [0.05, 0.1) is 17.2 Å². The van der Waals surface area contributed by atoms with Gasteiger partial charge in [-0.05, 0) is 49.2 Å². The van der Waals surface area contributed by atoms with Crippen molar-refractivity contribution >= 4 is 27.6 Å². The standard InChI is InChI=1S/C18H18FNO7S/c1-11-10-12(7-8-15(11)27-9-3-6-16(21)22)28(25,26)20-14-5-2-4-13(19)17(14)18(23)24/h2,4-5,7-8,10,20H,3,6,9H2,1H3,(H,21,22)(H,23,24). The van der Waals surface area contributed by atoms with Crippen molar-refractivity contribution in [2.75, 3.05) is 11.3 Å². The summed E-state index contributed by atoms with van der Waals surface area (Å²) < 4.78 is 46.3. The summed E-state index contributed by atoms with van der Waals surface area (Å²) in [5, 5.41) is 17.7. The predicted molar refractivity (Wildman–Crippen MR) is 97.7 cm³/mol. The van der Waals surface area contributed by atoms with Crippen LogP contribution in [0.1, 0.15) is 28.8 Å². The zero-order valence-corrected chi connectivity index (χ0v) is 15.6. The quantitative estimate of drug-likeness (QED) is 0.541. The Morgan fingerprint density at radius 1 is 1.18 bits per heavy atom. The minimum Gasteiger partial charge on any atom is -0.493 e. The number of aryl methyl sites for hydroxylation is 1. The zero-order valence-electron chi connectivity index (χ0n) is 14.8. The van der Waals surface area contributed by atoms with E-state index in [0.29, 0.717) is 17.7 Å². The van der Waals surface area contributed by atoms with Crippen LogP contribution in [0.4, 0.5) is 10.1 Å². The van der Waals surface area contributed by atoms with Crippen molar-refractivity contribution in [1.82, 2.24) is 0 Å². The maximum absolute atomic E-state index is 13.7. The highest BCUT2D eigenvalue weighted by Crippen LogP contribution is 2.26. The van der Waals surface area contributed by atoms with Crippen molar-refractivity contribution < 1.29 is 37.3 Å². The van der Waals surface area contributed by atoms with Crippen LogP contribution >= 0.6 is 0 Å². The number of aliphatic carboxylic acids is 1. The fourth-order valence-corrected chi connectivity index (χ4v) is 3.54. The van der Waals surface area contributed by atoms with Gasteiger partial charge in [0.2, 0.25) is 0 Å². The van der Waals surface area contributed by atoms with E-state index >= 15 is 0 Å². The molecule has 0 aliphatic heterocycles. The first-order valence-corrected chi connectivity index (χ1v) is 9.60. The van der Waals surface area contributed by atoms with E-state index in [1.165, 1.54) is 24.3 Å². The number of hydrogen-bond donors (Lipinski definition) is 3. The molecular weight excluding hydrogens is 393 g/mol. The molecule has 0 unspecified atom stereocenters. The second kappa shape index (κ2) is 8.70. The molecule has 0 bridgehead atoms. The van der Waals surface area contributed by atoms with E-state index in [9.17, 15) is 22.4 Å². The van der Waals surface area contributed by atoms with Crippen LogP contribution in [0.15, 0.2) is 41.3 Å². The topological polar surface area (TPSA) is 130 Å². The molecule has 0 fully saturated rings. The Morgan fingerprint density at radius 3 is 2.50 bits per heavy atom. The highest BCUT2D eigenvalue weighted by atomic mass is 32.2. The highest BCUT2D eigenvalue weighted by molar-refractivity contribution is 7.92. The second-order valence-corrected chi connectivity index (χ2v) is 7.53. The number of carboxylic acid groups (broad SMARTS) is 2. The lowest BCUT2D eigenvalue weighted by molar-refractivity contribution is -0.137. The SMILES string of the molecule is Cc1cc(S(=O)(=O)Nc2cccc(F)c2C(=O)O)ccc1OCCCC(=O)O. The molecule has 2 aromatic carbocycles. The number of rotatable bonds is 9. The summed E-state index contributed by atoms with van der Waals surface area (Å²) in [6, 6.07) is 7.24. The molecular formula is C18H18FNO7S. The van der Waals surface area contributed by atoms with Gasteiger partial charge in [0, 0.05) is 6.42 Å². The minimum absolute atomic E-state index is 0.0467. The molecule has 0 spiro atoms. The molecule has 28 heavy (non-hydrogen) atoms. The number of carboxylic acids is 2. The van der Waals surface area contributed by atoms with E-state index in [1.54, 1.807) is 6.92 Å². The third-order valence-electron chi connectivity index (χ3n) is 3.72. The lowest BCUT2D eigenvalue weighted by Gasteiger charge is -2.13. The molecule has 0 atom stereocenters. The summed E-state index contributed by atoms with van der Waals surface area (Å²) in [7, 11) is -4.18. The molecule has 0 saturated heterocycles. The molecule has 8 nitrogen and oxygen atoms in total. The Bertz CT molecular complexity index is 1000. The number of sulfonamides is 1. The van der Waals surface area contributed by atoms with Gasteiger partial charge >= 0.3 is 11.9 Å². The van der Waals surface area contributed by atoms with Crippen molar-refractivity contribution in [3.63, 3.8) is 0 Å². The largest absolute Gasteiger partial charge is 0.493 e. The molecule has 0 saturated carbocycles. The van der Waals surface area contributed by atoms with Crippen LogP contribution in [0, 0.1) is 12.7 Å². The number of hydrogen-bond acceptors (Lipinski definition) is 5. The van der Waals surface area contributed by atoms with Gasteiger partial charge in [0.15, 0.2) is 0 Å². The van der Waals surface area contributed by atoms with E-state index in [-0.39, 0.29) is 23.6 Å². The lowest BCUT2D eigenvalue weighted by atomic mass is 10.2. The van der Waals surface area contributed by atoms with Crippen LogP contribution < -0.4 is 9.46 Å².